The average molecular weight is 263 g/mol. The summed E-state index contributed by atoms with van der Waals surface area (Å²) in [6.45, 7) is 0.941. The van der Waals surface area contributed by atoms with E-state index in [1.165, 1.54) is 18.6 Å². The van der Waals surface area contributed by atoms with Gasteiger partial charge in [0.05, 0.1) is 5.56 Å². The molecule has 1 aromatic carbocycles. The van der Waals surface area contributed by atoms with Crippen molar-refractivity contribution in [3.63, 3.8) is 0 Å². The van der Waals surface area contributed by atoms with Crippen LogP contribution in [0, 0.1) is 11.7 Å². The van der Waals surface area contributed by atoms with E-state index >= 15 is 0 Å². The van der Waals surface area contributed by atoms with Crippen LogP contribution in [0.25, 0.3) is 0 Å². The molecule has 19 heavy (non-hydrogen) atoms. The number of carbonyl (C=O) groups is 1. The van der Waals surface area contributed by atoms with E-state index in [4.69, 9.17) is 0 Å². The monoisotopic (exact) mass is 263 g/mol. The third kappa shape index (κ3) is 2.48. The molecule has 0 spiro atoms. The minimum absolute atomic E-state index is 0.0702. The number of benzene rings is 1. The van der Waals surface area contributed by atoms with E-state index in [0.717, 1.165) is 19.4 Å². The molecule has 5 heteroatoms. The van der Waals surface area contributed by atoms with Gasteiger partial charge in [0.25, 0.3) is 5.91 Å². The van der Waals surface area contributed by atoms with E-state index in [2.05, 4.69) is 16.2 Å². The van der Waals surface area contributed by atoms with Crippen molar-refractivity contribution in [2.24, 2.45) is 5.92 Å². The van der Waals surface area contributed by atoms with Gasteiger partial charge in [0.1, 0.15) is 5.82 Å². The molecule has 1 aromatic rings. The first kappa shape index (κ1) is 12.6. The summed E-state index contributed by atoms with van der Waals surface area (Å²) >= 11 is 0. The van der Waals surface area contributed by atoms with Crippen molar-refractivity contribution in [3.05, 3.63) is 35.6 Å². The molecule has 1 heterocycles. The number of amides is 1. The van der Waals surface area contributed by atoms with Gasteiger partial charge in [-0.2, -0.15) is 0 Å². The van der Waals surface area contributed by atoms with Crippen LogP contribution in [0.3, 0.4) is 0 Å². The second-order valence-electron chi connectivity index (χ2n) is 5.30. The van der Waals surface area contributed by atoms with E-state index in [9.17, 15) is 9.18 Å². The quantitative estimate of drug-likeness (QED) is 0.751. The molecular formula is C14H18FN3O. The standard InChI is InChI=1S/C14H18FN3O/c15-11-6-2-1-5-10(11)14(19)17-12-7-3-4-9-8-16-18-13(9)12/h1-2,5-6,9,12-13,16,18H,3-4,7-8H2,(H,17,19). The number of fused-ring (bicyclic) bond motifs is 1. The number of nitrogens with one attached hydrogen (secondary N) is 3. The Kier molecular flexibility index (Phi) is 3.48. The average Bonchev–Trinajstić information content (AvgIpc) is 2.88. The van der Waals surface area contributed by atoms with Gasteiger partial charge >= 0.3 is 0 Å². The molecule has 1 saturated carbocycles. The van der Waals surface area contributed by atoms with Gasteiger partial charge in [-0.25, -0.2) is 4.39 Å². The third-order valence-electron chi connectivity index (χ3n) is 4.10. The molecule has 1 saturated heterocycles. The molecule has 102 valence electrons. The van der Waals surface area contributed by atoms with Crippen LogP contribution < -0.4 is 16.2 Å². The molecule has 3 rings (SSSR count). The zero-order valence-electron chi connectivity index (χ0n) is 10.7. The van der Waals surface area contributed by atoms with Crippen molar-refractivity contribution in [1.29, 1.82) is 0 Å². The number of carbonyl (C=O) groups excluding carboxylic acids is 1. The van der Waals surface area contributed by atoms with Crippen LogP contribution in [-0.2, 0) is 0 Å². The van der Waals surface area contributed by atoms with Crippen LogP contribution in [-0.4, -0.2) is 24.5 Å². The maximum absolute atomic E-state index is 13.6. The van der Waals surface area contributed by atoms with Crippen LogP contribution in [0.2, 0.25) is 0 Å². The molecular weight excluding hydrogens is 245 g/mol. The molecule has 2 aliphatic rings. The number of hydrazine groups is 1. The fourth-order valence-corrected chi connectivity index (χ4v) is 3.10. The molecule has 3 unspecified atom stereocenters. The van der Waals surface area contributed by atoms with Gasteiger partial charge in [-0.3, -0.25) is 15.6 Å². The zero-order valence-corrected chi connectivity index (χ0v) is 10.7. The summed E-state index contributed by atoms with van der Waals surface area (Å²) in [5, 5.41) is 2.97. The van der Waals surface area contributed by atoms with E-state index in [-0.39, 0.29) is 23.6 Å². The van der Waals surface area contributed by atoms with Crippen LogP contribution in [0.4, 0.5) is 4.39 Å². The van der Waals surface area contributed by atoms with Crippen LogP contribution in [0.1, 0.15) is 29.6 Å². The number of halogens is 1. The summed E-state index contributed by atoms with van der Waals surface area (Å²) in [6.07, 6.45) is 3.22. The van der Waals surface area contributed by atoms with E-state index < -0.39 is 5.82 Å². The predicted octanol–water partition coefficient (Wildman–Crippen LogP) is 1.20. The summed E-state index contributed by atoms with van der Waals surface area (Å²) in [4.78, 5) is 12.1. The third-order valence-corrected chi connectivity index (χ3v) is 4.10. The predicted molar refractivity (Wildman–Crippen MR) is 69.9 cm³/mol. The Morgan fingerprint density at radius 2 is 2.16 bits per heavy atom. The van der Waals surface area contributed by atoms with Crippen molar-refractivity contribution in [3.8, 4) is 0 Å². The first-order valence-electron chi connectivity index (χ1n) is 6.79. The van der Waals surface area contributed by atoms with Crippen molar-refractivity contribution >= 4 is 5.91 Å². The highest BCUT2D eigenvalue weighted by Gasteiger charge is 2.37. The second kappa shape index (κ2) is 5.27. The highest BCUT2D eigenvalue weighted by atomic mass is 19.1. The van der Waals surface area contributed by atoms with Gasteiger partial charge in [-0.1, -0.05) is 18.6 Å². The molecule has 1 amide bonds. The van der Waals surface area contributed by atoms with Gasteiger partial charge in [0.2, 0.25) is 0 Å². The SMILES string of the molecule is O=C(NC1CCCC2CNNC21)c1ccccc1F. The molecule has 0 aromatic heterocycles. The van der Waals surface area contributed by atoms with E-state index in [1.54, 1.807) is 12.1 Å². The number of rotatable bonds is 2. The summed E-state index contributed by atoms with van der Waals surface area (Å²) in [7, 11) is 0. The molecule has 2 fully saturated rings. The first-order chi connectivity index (χ1) is 9.25. The molecule has 0 radical (unpaired) electrons. The molecule has 1 aliphatic heterocycles. The summed E-state index contributed by atoms with van der Waals surface area (Å²) in [6, 6.07) is 6.42. The fraction of sp³-hybridized carbons (Fsp3) is 0.500. The van der Waals surface area contributed by atoms with Crippen LogP contribution in [0.15, 0.2) is 24.3 Å². The maximum atomic E-state index is 13.6. The molecule has 4 nitrogen and oxygen atoms in total. The Balaban J connectivity index is 1.71. The van der Waals surface area contributed by atoms with Gasteiger partial charge < -0.3 is 5.32 Å². The smallest absolute Gasteiger partial charge is 0.254 e. The van der Waals surface area contributed by atoms with Crippen molar-refractivity contribution in [2.75, 3.05) is 6.54 Å². The molecule has 3 N–H and O–H groups in total. The largest absolute Gasteiger partial charge is 0.348 e. The number of hydrogen-bond donors (Lipinski definition) is 3. The van der Waals surface area contributed by atoms with Crippen molar-refractivity contribution in [1.82, 2.24) is 16.2 Å². The lowest BCUT2D eigenvalue weighted by molar-refractivity contribution is 0.0906. The topological polar surface area (TPSA) is 53.2 Å². The molecule has 3 atom stereocenters. The first-order valence-corrected chi connectivity index (χ1v) is 6.79. The Morgan fingerprint density at radius 3 is 3.00 bits per heavy atom. The van der Waals surface area contributed by atoms with Gasteiger partial charge in [0.15, 0.2) is 0 Å². The van der Waals surface area contributed by atoms with Crippen molar-refractivity contribution in [2.45, 2.75) is 31.3 Å². The minimum atomic E-state index is -0.468. The lowest BCUT2D eigenvalue weighted by atomic mass is 9.82. The Morgan fingerprint density at radius 1 is 1.32 bits per heavy atom. The highest BCUT2D eigenvalue weighted by molar-refractivity contribution is 5.94. The summed E-state index contributed by atoms with van der Waals surface area (Å²) < 4.78 is 13.6. The normalized spacial score (nSPS) is 29.8. The molecule has 1 aliphatic carbocycles. The van der Waals surface area contributed by atoms with E-state index in [0.29, 0.717) is 5.92 Å². The van der Waals surface area contributed by atoms with Crippen LogP contribution in [0.5, 0.6) is 0 Å². The van der Waals surface area contributed by atoms with Crippen LogP contribution >= 0.6 is 0 Å². The summed E-state index contributed by atoms with van der Waals surface area (Å²) in [5.41, 5.74) is 6.49. The zero-order chi connectivity index (χ0) is 13.2. The van der Waals surface area contributed by atoms with Gasteiger partial charge in [0, 0.05) is 18.6 Å². The Bertz CT molecular complexity index is 480. The fourth-order valence-electron chi connectivity index (χ4n) is 3.10. The maximum Gasteiger partial charge on any atom is 0.254 e. The Labute approximate surface area is 111 Å². The highest BCUT2D eigenvalue weighted by Crippen LogP contribution is 2.27. The lowest BCUT2D eigenvalue weighted by Gasteiger charge is -2.33. The van der Waals surface area contributed by atoms with Gasteiger partial charge in [-0.05, 0) is 30.9 Å². The second-order valence-corrected chi connectivity index (χ2v) is 5.30. The Hall–Kier alpha value is -1.46. The molecule has 0 bridgehead atoms. The lowest BCUT2D eigenvalue weighted by Crippen LogP contribution is -2.53. The number of hydrogen-bond acceptors (Lipinski definition) is 3. The van der Waals surface area contributed by atoms with E-state index in [1.807, 2.05) is 0 Å². The minimum Gasteiger partial charge on any atom is -0.348 e. The van der Waals surface area contributed by atoms with Gasteiger partial charge in [-0.15, -0.1) is 0 Å². The van der Waals surface area contributed by atoms with Crippen molar-refractivity contribution < 1.29 is 9.18 Å². The summed E-state index contributed by atoms with van der Waals surface area (Å²) in [5.74, 6) is -0.234.